The maximum atomic E-state index is 13.4. The van der Waals surface area contributed by atoms with E-state index in [1.807, 2.05) is 0 Å². The maximum absolute atomic E-state index is 13.4. The summed E-state index contributed by atoms with van der Waals surface area (Å²) in [5, 5.41) is -1.15. The van der Waals surface area contributed by atoms with Gasteiger partial charge in [-0.2, -0.15) is 0 Å². The van der Waals surface area contributed by atoms with Crippen LogP contribution in [0.5, 0.6) is 0 Å². The fourth-order valence-corrected chi connectivity index (χ4v) is 3.00. The Morgan fingerprint density at radius 3 is 2.35 bits per heavy atom. The molecule has 3 nitrogen and oxygen atoms in total. The molecular formula is C12H15FO3S. The summed E-state index contributed by atoms with van der Waals surface area (Å²) in [6, 6.07) is 5.44. The van der Waals surface area contributed by atoms with E-state index < -0.39 is 26.7 Å². The zero-order valence-electron chi connectivity index (χ0n) is 9.81. The number of hydrogen-bond acceptors (Lipinski definition) is 3. The molecule has 94 valence electrons. The lowest BCUT2D eigenvalue weighted by molar-refractivity contribution is 0.0981. The smallest absolute Gasteiger partial charge is 0.183 e. The first kappa shape index (κ1) is 13.8. The molecule has 0 aliphatic heterocycles. The second-order valence-corrected chi connectivity index (χ2v) is 6.16. The molecule has 1 rings (SSSR count). The summed E-state index contributed by atoms with van der Waals surface area (Å²) in [5.41, 5.74) is -0.156. The number of halogens is 1. The van der Waals surface area contributed by atoms with Crippen LogP contribution in [0.4, 0.5) is 4.39 Å². The van der Waals surface area contributed by atoms with Gasteiger partial charge in [0.05, 0.1) is 5.56 Å². The van der Waals surface area contributed by atoms with Crippen LogP contribution in [-0.4, -0.2) is 25.2 Å². The monoisotopic (exact) mass is 258 g/mol. The average Bonchev–Trinajstić information content (AvgIpc) is 2.30. The van der Waals surface area contributed by atoms with Gasteiger partial charge in [0, 0.05) is 5.75 Å². The summed E-state index contributed by atoms with van der Waals surface area (Å²) in [6.45, 7) is 3.09. The van der Waals surface area contributed by atoms with Crippen LogP contribution in [0, 0.1) is 5.82 Å². The molecule has 0 heterocycles. The van der Waals surface area contributed by atoms with Gasteiger partial charge >= 0.3 is 0 Å². The topological polar surface area (TPSA) is 51.2 Å². The van der Waals surface area contributed by atoms with Gasteiger partial charge in [-0.05, 0) is 18.6 Å². The molecule has 0 bridgehead atoms. The first-order chi connectivity index (χ1) is 7.94. The number of ketones is 1. The molecule has 0 fully saturated rings. The Morgan fingerprint density at radius 2 is 1.88 bits per heavy atom. The predicted molar refractivity (Wildman–Crippen MR) is 64.3 cm³/mol. The van der Waals surface area contributed by atoms with Crippen LogP contribution in [0.3, 0.4) is 0 Å². The molecule has 17 heavy (non-hydrogen) atoms. The molecule has 0 aromatic heterocycles. The minimum atomic E-state index is -3.49. The summed E-state index contributed by atoms with van der Waals surface area (Å²) in [5.74, 6) is -1.46. The van der Waals surface area contributed by atoms with Crippen LogP contribution in [0.25, 0.3) is 0 Å². The lowest BCUT2D eigenvalue weighted by Crippen LogP contribution is -2.31. The Balaban J connectivity index is 3.16. The van der Waals surface area contributed by atoms with Crippen molar-refractivity contribution in [2.75, 3.05) is 5.75 Å². The van der Waals surface area contributed by atoms with Crippen molar-refractivity contribution < 1.29 is 17.6 Å². The number of hydrogen-bond donors (Lipinski definition) is 0. The quantitative estimate of drug-likeness (QED) is 0.761. The van der Waals surface area contributed by atoms with E-state index in [1.54, 1.807) is 6.92 Å². The Morgan fingerprint density at radius 1 is 1.29 bits per heavy atom. The van der Waals surface area contributed by atoms with E-state index in [0.29, 0.717) is 0 Å². The van der Waals surface area contributed by atoms with Crippen LogP contribution < -0.4 is 0 Å². The third-order valence-electron chi connectivity index (χ3n) is 2.64. The molecular weight excluding hydrogens is 243 g/mol. The van der Waals surface area contributed by atoms with Crippen molar-refractivity contribution in [1.29, 1.82) is 0 Å². The molecule has 0 unspecified atom stereocenters. The van der Waals surface area contributed by atoms with Gasteiger partial charge in [-0.25, -0.2) is 12.8 Å². The number of carbonyl (C=O) groups is 1. The number of benzene rings is 1. The van der Waals surface area contributed by atoms with E-state index in [4.69, 9.17) is 0 Å². The van der Waals surface area contributed by atoms with E-state index in [1.165, 1.54) is 25.1 Å². The second kappa shape index (κ2) is 5.40. The summed E-state index contributed by atoms with van der Waals surface area (Å²) in [6.07, 6.45) is 0.156. The molecule has 0 saturated carbocycles. The van der Waals surface area contributed by atoms with Crippen molar-refractivity contribution in [1.82, 2.24) is 0 Å². The normalized spacial score (nSPS) is 13.4. The first-order valence-electron chi connectivity index (χ1n) is 5.44. The third kappa shape index (κ3) is 2.91. The average molecular weight is 258 g/mol. The summed E-state index contributed by atoms with van der Waals surface area (Å²) >= 11 is 0. The van der Waals surface area contributed by atoms with Gasteiger partial charge in [-0.1, -0.05) is 26.0 Å². The molecule has 0 N–H and O–H groups in total. The van der Waals surface area contributed by atoms with Crippen molar-refractivity contribution in [2.45, 2.75) is 25.5 Å². The van der Waals surface area contributed by atoms with Crippen LogP contribution in [-0.2, 0) is 9.84 Å². The lowest BCUT2D eigenvalue weighted by atomic mass is 10.1. The Labute approximate surface area is 101 Å². The fraction of sp³-hybridized carbons (Fsp3) is 0.417. The molecule has 0 spiro atoms. The highest BCUT2D eigenvalue weighted by atomic mass is 32.2. The molecule has 0 radical (unpaired) electrons. The lowest BCUT2D eigenvalue weighted by Gasteiger charge is -2.13. The standard InChI is InChI=1S/C12H15FO3S/c1-3-11(17(15,16)4-2)12(14)9-7-5-6-8-10(9)13/h5-8,11H,3-4H2,1-2H3/t11-/m1/s1. The Kier molecular flexibility index (Phi) is 4.40. The molecule has 5 heteroatoms. The number of Topliss-reactive ketones (excluding diaryl/α,β-unsaturated/α-hetero) is 1. The first-order valence-corrected chi connectivity index (χ1v) is 7.15. The highest BCUT2D eigenvalue weighted by Gasteiger charge is 2.31. The predicted octanol–water partition coefficient (Wildman–Crippen LogP) is 2.22. The number of carbonyl (C=O) groups excluding carboxylic acids is 1. The minimum Gasteiger partial charge on any atom is -0.293 e. The third-order valence-corrected chi connectivity index (χ3v) is 4.86. The van der Waals surface area contributed by atoms with Gasteiger partial charge < -0.3 is 0 Å². The number of sulfone groups is 1. The van der Waals surface area contributed by atoms with Crippen molar-refractivity contribution in [3.63, 3.8) is 0 Å². The van der Waals surface area contributed by atoms with Gasteiger partial charge in [0.25, 0.3) is 0 Å². The van der Waals surface area contributed by atoms with Gasteiger partial charge in [0.15, 0.2) is 15.6 Å². The van der Waals surface area contributed by atoms with Gasteiger partial charge in [0.2, 0.25) is 0 Å². The van der Waals surface area contributed by atoms with Crippen LogP contribution in [0.2, 0.25) is 0 Å². The molecule has 0 aliphatic carbocycles. The van der Waals surface area contributed by atoms with Gasteiger partial charge in [-0.15, -0.1) is 0 Å². The largest absolute Gasteiger partial charge is 0.293 e. The molecule has 0 aliphatic rings. The molecule has 1 atom stereocenters. The summed E-state index contributed by atoms with van der Waals surface area (Å²) < 4.78 is 36.8. The maximum Gasteiger partial charge on any atom is 0.183 e. The highest BCUT2D eigenvalue weighted by molar-refractivity contribution is 7.92. The zero-order valence-corrected chi connectivity index (χ0v) is 10.6. The zero-order chi connectivity index (χ0) is 13.1. The van der Waals surface area contributed by atoms with Crippen molar-refractivity contribution in [3.05, 3.63) is 35.6 Å². The summed E-state index contributed by atoms with van der Waals surface area (Å²) in [7, 11) is -3.49. The molecule has 1 aromatic carbocycles. The van der Waals surface area contributed by atoms with Gasteiger partial charge in [0.1, 0.15) is 11.1 Å². The van der Waals surface area contributed by atoms with Crippen LogP contribution in [0.15, 0.2) is 24.3 Å². The van der Waals surface area contributed by atoms with Crippen molar-refractivity contribution in [3.8, 4) is 0 Å². The Hall–Kier alpha value is -1.23. The van der Waals surface area contributed by atoms with E-state index in [9.17, 15) is 17.6 Å². The van der Waals surface area contributed by atoms with Crippen molar-refractivity contribution >= 4 is 15.6 Å². The minimum absolute atomic E-state index is 0.119. The Bertz CT molecular complexity index is 508. The highest BCUT2D eigenvalue weighted by Crippen LogP contribution is 2.16. The van der Waals surface area contributed by atoms with E-state index in [0.717, 1.165) is 6.07 Å². The number of rotatable bonds is 5. The van der Waals surface area contributed by atoms with Crippen LogP contribution >= 0.6 is 0 Å². The summed E-state index contributed by atoms with van der Waals surface area (Å²) in [4.78, 5) is 12.0. The van der Waals surface area contributed by atoms with Crippen LogP contribution in [0.1, 0.15) is 30.6 Å². The molecule has 1 aromatic rings. The second-order valence-electron chi connectivity index (χ2n) is 3.69. The van der Waals surface area contributed by atoms with Crippen molar-refractivity contribution in [2.24, 2.45) is 0 Å². The fourth-order valence-electron chi connectivity index (χ4n) is 1.64. The molecule has 0 amide bonds. The SMILES string of the molecule is CC[C@H](C(=O)c1ccccc1F)S(=O)(=O)CC. The molecule has 0 saturated heterocycles. The van der Waals surface area contributed by atoms with E-state index in [2.05, 4.69) is 0 Å². The van der Waals surface area contributed by atoms with E-state index in [-0.39, 0.29) is 17.7 Å². The van der Waals surface area contributed by atoms with Gasteiger partial charge in [-0.3, -0.25) is 4.79 Å². The van der Waals surface area contributed by atoms with E-state index >= 15 is 0 Å².